The van der Waals surface area contributed by atoms with Crippen LogP contribution >= 0.6 is 0 Å². The molecule has 1 saturated carbocycles. The Balaban J connectivity index is 1.45. The summed E-state index contributed by atoms with van der Waals surface area (Å²) in [6, 6.07) is 7.52. The van der Waals surface area contributed by atoms with Gasteiger partial charge in [-0.3, -0.25) is 9.48 Å². The van der Waals surface area contributed by atoms with E-state index >= 15 is 0 Å². The number of rotatable bonds is 7. The molecule has 2 fully saturated rings. The van der Waals surface area contributed by atoms with E-state index in [0.29, 0.717) is 38.0 Å². The molecular formula is C24H28N6O5S. The highest BCUT2D eigenvalue weighted by atomic mass is 32.2. The van der Waals surface area contributed by atoms with Gasteiger partial charge >= 0.3 is 0 Å². The van der Waals surface area contributed by atoms with E-state index < -0.39 is 15.6 Å². The van der Waals surface area contributed by atoms with Crippen molar-refractivity contribution in [3.05, 3.63) is 47.8 Å². The van der Waals surface area contributed by atoms with Crippen molar-refractivity contribution in [2.75, 3.05) is 17.8 Å². The van der Waals surface area contributed by atoms with Gasteiger partial charge in [-0.2, -0.15) is 10.1 Å². The van der Waals surface area contributed by atoms with Gasteiger partial charge < -0.3 is 14.7 Å². The van der Waals surface area contributed by atoms with E-state index in [9.17, 15) is 18.3 Å². The van der Waals surface area contributed by atoms with Gasteiger partial charge in [-0.05, 0) is 37.8 Å². The van der Waals surface area contributed by atoms with Crippen LogP contribution in [0, 0.1) is 13.8 Å². The lowest BCUT2D eigenvalue weighted by atomic mass is 10.00. The summed E-state index contributed by atoms with van der Waals surface area (Å²) in [5.41, 5.74) is 2.08. The number of aliphatic hydroxyl groups is 1. The van der Waals surface area contributed by atoms with Crippen LogP contribution in [-0.2, 0) is 21.9 Å². The highest BCUT2D eigenvalue weighted by Gasteiger charge is 2.51. The van der Waals surface area contributed by atoms with E-state index in [2.05, 4.69) is 19.8 Å². The Morgan fingerprint density at radius 2 is 1.94 bits per heavy atom. The molecule has 11 nitrogen and oxygen atoms in total. The molecule has 0 spiro atoms. The van der Waals surface area contributed by atoms with E-state index in [-0.39, 0.29) is 28.7 Å². The number of likely N-dealkylation sites (tertiary alicyclic amines) is 1. The van der Waals surface area contributed by atoms with Gasteiger partial charge in [0.1, 0.15) is 16.6 Å². The second-order valence-corrected chi connectivity index (χ2v) is 11.1. The van der Waals surface area contributed by atoms with Crippen molar-refractivity contribution in [2.45, 2.75) is 49.7 Å². The fourth-order valence-corrected chi connectivity index (χ4v) is 5.33. The SMILES string of the molecule is Cc1cccc(C)c1-c1cc(OC2CCN(C(=O)C3(O)CC3)C2)nc(NS(=O)(=O)c2cnn(C)c2)n1. The molecule has 0 bridgehead atoms. The van der Waals surface area contributed by atoms with Crippen LogP contribution in [-0.4, -0.2) is 68.9 Å². The minimum absolute atomic E-state index is 0.0171. The number of hydrogen-bond acceptors (Lipinski definition) is 8. The third kappa shape index (κ3) is 4.78. The van der Waals surface area contributed by atoms with Crippen LogP contribution in [0.15, 0.2) is 41.6 Å². The van der Waals surface area contributed by atoms with E-state index in [0.717, 1.165) is 16.7 Å². The maximum atomic E-state index is 12.9. The first-order valence-corrected chi connectivity index (χ1v) is 13.2. The topological polar surface area (TPSA) is 140 Å². The zero-order valence-corrected chi connectivity index (χ0v) is 21.1. The molecule has 1 aromatic carbocycles. The Labute approximate surface area is 209 Å². The summed E-state index contributed by atoms with van der Waals surface area (Å²) >= 11 is 0. The zero-order chi connectivity index (χ0) is 25.7. The number of sulfonamides is 1. The van der Waals surface area contributed by atoms with E-state index in [1.165, 1.54) is 17.1 Å². The normalized spacial score (nSPS) is 18.8. The van der Waals surface area contributed by atoms with Crippen molar-refractivity contribution < 1.29 is 23.1 Å². The van der Waals surface area contributed by atoms with Crippen molar-refractivity contribution in [2.24, 2.45) is 7.05 Å². The summed E-state index contributed by atoms with van der Waals surface area (Å²) in [4.78, 5) is 22.9. The Bertz CT molecular complexity index is 1410. The number of carbonyl (C=O) groups excluding carboxylic acids is 1. The van der Waals surface area contributed by atoms with Crippen LogP contribution in [0.4, 0.5) is 5.95 Å². The zero-order valence-electron chi connectivity index (χ0n) is 20.3. The molecule has 190 valence electrons. The van der Waals surface area contributed by atoms with Gasteiger partial charge in [0.25, 0.3) is 15.9 Å². The van der Waals surface area contributed by atoms with Gasteiger partial charge in [0.05, 0.1) is 18.4 Å². The number of aryl methyl sites for hydroxylation is 3. The van der Waals surface area contributed by atoms with Gasteiger partial charge in [-0.15, -0.1) is 0 Å². The first kappa shape index (κ1) is 24.2. The molecule has 3 aromatic rings. The average molecular weight is 513 g/mol. The van der Waals surface area contributed by atoms with Crippen molar-refractivity contribution in [1.82, 2.24) is 24.6 Å². The number of nitrogens with one attached hydrogen (secondary N) is 1. The first-order chi connectivity index (χ1) is 17.0. The Morgan fingerprint density at radius 1 is 1.22 bits per heavy atom. The lowest BCUT2D eigenvalue weighted by Crippen LogP contribution is -2.40. The first-order valence-electron chi connectivity index (χ1n) is 11.7. The van der Waals surface area contributed by atoms with Crippen LogP contribution in [0.2, 0.25) is 0 Å². The summed E-state index contributed by atoms with van der Waals surface area (Å²) in [6.07, 6.45) is 3.82. The molecule has 0 radical (unpaired) electrons. The molecule has 3 heterocycles. The van der Waals surface area contributed by atoms with Gasteiger partial charge in [0.15, 0.2) is 0 Å². The molecule has 2 aromatic heterocycles. The molecular weight excluding hydrogens is 484 g/mol. The van der Waals surface area contributed by atoms with Crippen molar-refractivity contribution in [3.63, 3.8) is 0 Å². The van der Waals surface area contributed by atoms with Gasteiger partial charge in [-0.1, -0.05) is 18.2 Å². The van der Waals surface area contributed by atoms with Crippen LogP contribution in [0.5, 0.6) is 5.88 Å². The molecule has 1 saturated heterocycles. The number of nitrogens with zero attached hydrogens (tertiary/aromatic N) is 5. The van der Waals surface area contributed by atoms with Crippen LogP contribution in [0.1, 0.15) is 30.4 Å². The van der Waals surface area contributed by atoms with Crippen molar-refractivity contribution >= 4 is 21.9 Å². The smallest absolute Gasteiger partial charge is 0.267 e. The van der Waals surface area contributed by atoms with E-state index in [4.69, 9.17) is 4.74 Å². The molecule has 5 rings (SSSR count). The maximum Gasteiger partial charge on any atom is 0.267 e. The third-order valence-corrected chi connectivity index (χ3v) is 7.78. The number of benzene rings is 1. The average Bonchev–Trinajstić information content (AvgIpc) is 3.17. The maximum absolute atomic E-state index is 12.9. The van der Waals surface area contributed by atoms with E-state index in [1.54, 1.807) is 18.0 Å². The summed E-state index contributed by atoms with van der Waals surface area (Å²) in [5, 5.41) is 14.1. The molecule has 2 aliphatic rings. The Hall–Kier alpha value is -3.51. The van der Waals surface area contributed by atoms with Crippen molar-refractivity contribution in [3.8, 4) is 17.1 Å². The molecule has 12 heteroatoms. The van der Waals surface area contributed by atoms with E-state index in [1.807, 2.05) is 32.0 Å². The fourth-order valence-electron chi connectivity index (χ4n) is 4.40. The highest BCUT2D eigenvalue weighted by molar-refractivity contribution is 7.92. The predicted molar refractivity (Wildman–Crippen MR) is 131 cm³/mol. The van der Waals surface area contributed by atoms with Crippen LogP contribution in [0.3, 0.4) is 0 Å². The van der Waals surface area contributed by atoms with Gasteiger partial charge in [0.2, 0.25) is 11.8 Å². The lowest BCUT2D eigenvalue weighted by Gasteiger charge is -2.20. The molecule has 1 unspecified atom stereocenters. The minimum Gasteiger partial charge on any atom is -0.472 e. The number of amides is 1. The summed E-state index contributed by atoms with van der Waals surface area (Å²) in [5.74, 6) is -0.208. The van der Waals surface area contributed by atoms with Gasteiger partial charge in [-0.25, -0.2) is 18.1 Å². The Morgan fingerprint density at radius 3 is 2.58 bits per heavy atom. The highest BCUT2D eigenvalue weighted by Crippen LogP contribution is 2.38. The summed E-state index contributed by atoms with van der Waals surface area (Å²) in [6.45, 7) is 4.70. The number of carbonyl (C=O) groups is 1. The van der Waals surface area contributed by atoms with Crippen LogP contribution < -0.4 is 9.46 Å². The second kappa shape index (κ2) is 8.86. The minimum atomic E-state index is -3.98. The lowest BCUT2D eigenvalue weighted by molar-refractivity contribution is -0.141. The Kier molecular flexibility index (Phi) is 5.95. The summed E-state index contributed by atoms with van der Waals surface area (Å²) in [7, 11) is -2.35. The van der Waals surface area contributed by atoms with Crippen molar-refractivity contribution in [1.29, 1.82) is 0 Å². The van der Waals surface area contributed by atoms with Gasteiger partial charge in [0, 0.05) is 37.8 Å². The molecule has 2 N–H and O–H groups in total. The standard InChI is InChI=1S/C24H28N6O5S/c1-15-5-4-6-16(2)21(15)19-11-20(35-17-7-10-30(13-17)22(31)24(32)8-9-24)27-23(26-19)28-36(33,34)18-12-25-29(3)14-18/h4-6,11-12,14,17,32H,7-10,13H2,1-3H3,(H,26,27,28). The van der Waals surface area contributed by atoms with Crippen LogP contribution in [0.25, 0.3) is 11.3 Å². The number of ether oxygens (including phenoxy) is 1. The summed E-state index contributed by atoms with van der Waals surface area (Å²) < 4.78 is 35.8. The fraction of sp³-hybridized carbons (Fsp3) is 0.417. The largest absolute Gasteiger partial charge is 0.472 e. The number of aromatic nitrogens is 4. The molecule has 1 atom stereocenters. The monoisotopic (exact) mass is 512 g/mol. The second-order valence-electron chi connectivity index (χ2n) is 9.45. The number of anilines is 1. The third-order valence-electron chi connectivity index (χ3n) is 6.50. The quantitative estimate of drug-likeness (QED) is 0.489. The predicted octanol–water partition coefficient (Wildman–Crippen LogP) is 1.80. The molecule has 36 heavy (non-hydrogen) atoms. The molecule has 1 aliphatic heterocycles. The number of hydrogen-bond donors (Lipinski definition) is 2. The molecule has 1 amide bonds. The molecule has 1 aliphatic carbocycles.